The van der Waals surface area contributed by atoms with Crippen LogP contribution < -0.4 is 5.73 Å². The predicted octanol–water partition coefficient (Wildman–Crippen LogP) is 1.07. The number of hydrogen-bond donors (Lipinski definition) is 1. The van der Waals surface area contributed by atoms with Crippen LogP contribution in [0.5, 0.6) is 0 Å². The third-order valence-electron chi connectivity index (χ3n) is 3.82. The zero-order valence-corrected chi connectivity index (χ0v) is 11.5. The van der Waals surface area contributed by atoms with Gasteiger partial charge in [0.05, 0.1) is 6.04 Å². The van der Waals surface area contributed by atoms with Crippen LogP contribution in [-0.4, -0.2) is 46.2 Å². The van der Waals surface area contributed by atoms with Gasteiger partial charge in [0.25, 0.3) is 0 Å². The molecule has 2 aliphatic rings. The molecule has 2 atom stereocenters. The maximum Gasteiger partial charge on any atom is 0.228 e. The standard InChI is InChI=1S/C12H20N4OS/c1-16-4-5-18-7-10(16)12-14-11(17-15-12)6-9(13)8-2-3-8/h8-10H,2-7,13H2,1H3. The first-order valence-electron chi connectivity index (χ1n) is 6.60. The van der Waals surface area contributed by atoms with Crippen LogP contribution in [0.25, 0.3) is 0 Å². The van der Waals surface area contributed by atoms with E-state index in [1.807, 2.05) is 11.8 Å². The van der Waals surface area contributed by atoms with Crippen LogP contribution in [0.4, 0.5) is 0 Å². The monoisotopic (exact) mass is 268 g/mol. The summed E-state index contributed by atoms with van der Waals surface area (Å²) in [7, 11) is 2.12. The zero-order valence-electron chi connectivity index (χ0n) is 10.7. The Balaban J connectivity index is 1.64. The first-order chi connectivity index (χ1) is 8.74. The van der Waals surface area contributed by atoms with Crippen molar-refractivity contribution in [2.45, 2.75) is 31.3 Å². The summed E-state index contributed by atoms with van der Waals surface area (Å²) in [6, 6.07) is 0.482. The Bertz CT molecular complexity index is 407. The Hall–Kier alpha value is -0.590. The molecule has 2 heterocycles. The molecule has 1 saturated carbocycles. The van der Waals surface area contributed by atoms with Crippen molar-refractivity contribution in [1.82, 2.24) is 15.0 Å². The molecule has 6 heteroatoms. The Morgan fingerprint density at radius 2 is 2.39 bits per heavy atom. The molecule has 0 aromatic carbocycles. The van der Waals surface area contributed by atoms with E-state index in [0.717, 1.165) is 24.5 Å². The second-order valence-corrected chi connectivity index (χ2v) is 6.47. The van der Waals surface area contributed by atoms with Gasteiger partial charge in [-0.15, -0.1) is 0 Å². The Labute approximate surface area is 111 Å². The fraction of sp³-hybridized carbons (Fsp3) is 0.833. The fourth-order valence-electron chi connectivity index (χ4n) is 2.34. The third-order valence-corrected chi connectivity index (χ3v) is 4.84. The van der Waals surface area contributed by atoms with Crippen molar-refractivity contribution in [3.8, 4) is 0 Å². The van der Waals surface area contributed by atoms with Gasteiger partial charge in [0.2, 0.25) is 5.89 Å². The molecule has 2 fully saturated rings. The number of nitrogens with zero attached hydrogens (tertiary/aromatic N) is 3. The Kier molecular flexibility index (Phi) is 3.59. The van der Waals surface area contributed by atoms with Gasteiger partial charge in [0.1, 0.15) is 0 Å². The first-order valence-corrected chi connectivity index (χ1v) is 7.75. The van der Waals surface area contributed by atoms with Gasteiger partial charge in [-0.05, 0) is 25.8 Å². The van der Waals surface area contributed by atoms with Crippen molar-refractivity contribution in [3.63, 3.8) is 0 Å². The second-order valence-electron chi connectivity index (χ2n) is 5.32. The van der Waals surface area contributed by atoms with E-state index in [2.05, 4.69) is 22.1 Å². The quantitative estimate of drug-likeness (QED) is 0.881. The Morgan fingerprint density at radius 3 is 3.11 bits per heavy atom. The smallest absolute Gasteiger partial charge is 0.228 e. The minimum atomic E-state index is 0.191. The molecule has 1 aliphatic heterocycles. The molecule has 0 amide bonds. The molecule has 0 bridgehead atoms. The Morgan fingerprint density at radius 1 is 1.56 bits per heavy atom. The van der Waals surface area contributed by atoms with Crippen LogP contribution in [0.15, 0.2) is 4.52 Å². The first kappa shape index (κ1) is 12.4. The summed E-state index contributed by atoms with van der Waals surface area (Å²) in [6.45, 7) is 1.08. The molecule has 2 unspecified atom stereocenters. The van der Waals surface area contributed by atoms with Crippen molar-refractivity contribution in [2.75, 3.05) is 25.1 Å². The van der Waals surface area contributed by atoms with Crippen LogP contribution in [0.2, 0.25) is 0 Å². The minimum absolute atomic E-state index is 0.191. The van der Waals surface area contributed by atoms with Gasteiger partial charge in [-0.3, -0.25) is 4.90 Å². The summed E-state index contributed by atoms with van der Waals surface area (Å²) in [5, 5.41) is 4.13. The largest absolute Gasteiger partial charge is 0.339 e. The maximum atomic E-state index is 6.08. The van der Waals surface area contributed by atoms with Crippen molar-refractivity contribution in [2.24, 2.45) is 11.7 Å². The summed E-state index contributed by atoms with van der Waals surface area (Å²) in [6.07, 6.45) is 3.23. The molecular weight excluding hydrogens is 248 g/mol. The summed E-state index contributed by atoms with van der Waals surface area (Å²) >= 11 is 1.95. The normalized spacial score (nSPS) is 27.3. The molecule has 0 spiro atoms. The highest BCUT2D eigenvalue weighted by Gasteiger charge is 2.31. The lowest BCUT2D eigenvalue weighted by Crippen LogP contribution is -2.33. The van der Waals surface area contributed by atoms with E-state index in [1.165, 1.54) is 18.6 Å². The average molecular weight is 268 g/mol. The lowest BCUT2D eigenvalue weighted by Gasteiger charge is -2.29. The molecule has 100 valence electrons. The number of thioether (sulfide) groups is 1. The molecule has 1 aromatic rings. The van der Waals surface area contributed by atoms with Gasteiger partial charge < -0.3 is 10.3 Å². The summed E-state index contributed by atoms with van der Waals surface area (Å²) < 4.78 is 5.34. The summed E-state index contributed by atoms with van der Waals surface area (Å²) in [5.41, 5.74) is 6.08. The van der Waals surface area contributed by atoms with E-state index in [0.29, 0.717) is 17.9 Å². The lowest BCUT2D eigenvalue weighted by molar-refractivity contribution is 0.256. The predicted molar refractivity (Wildman–Crippen MR) is 71.4 cm³/mol. The molecule has 2 N–H and O–H groups in total. The van der Waals surface area contributed by atoms with Crippen molar-refractivity contribution in [1.29, 1.82) is 0 Å². The van der Waals surface area contributed by atoms with E-state index in [4.69, 9.17) is 10.3 Å². The molecule has 1 saturated heterocycles. The summed E-state index contributed by atoms with van der Waals surface area (Å²) in [4.78, 5) is 6.82. The van der Waals surface area contributed by atoms with E-state index >= 15 is 0 Å². The third kappa shape index (κ3) is 2.70. The number of nitrogens with two attached hydrogens (primary N) is 1. The van der Waals surface area contributed by atoms with E-state index in [9.17, 15) is 0 Å². The topological polar surface area (TPSA) is 68.2 Å². The van der Waals surface area contributed by atoms with Crippen LogP contribution in [0.1, 0.15) is 30.6 Å². The highest BCUT2D eigenvalue weighted by Crippen LogP contribution is 2.33. The molecule has 5 nitrogen and oxygen atoms in total. The van der Waals surface area contributed by atoms with Gasteiger partial charge in [-0.25, -0.2) is 0 Å². The van der Waals surface area contributed by atoms with Crippen molar-refractivity contribution in [3.05, 3.63) is 11.7 Å². The molecule has 0 radical (unpaired) electrons. The van der Waals surface area contributed by atoms with E-state index in [1.54, 1.807) is 0 Å². The maximum absolute atomic E-state index is 6.08. The van der Waals surface area contributed by atoms with E-state index < -0.39 is 0 Å². The lowest BCUT2D eigenvalue weighted by atomic mass is 10.1. The van der Waals surface area contributed by atoms with Gasteiger partial charge in [-0.1, -0.05) is 5.16 Å². The average Bonchev–Trinajstić information content (AvgIpc) is 3.12. The van der Waals surface area contributed by atoms with Crippen LogP contribution in [0, 0.1) is 5.92 Å². The van der Waals surface area contributed by atoms with Gasteiger partial charge in [-0.2, -0.15) is 16.7 Å². The van der Waals surface area contributed by atoms with Crippen LogP contribution >= 0.6 is 11.8 Å². The van der Waals surface area contributed by atoms with Crippen LogP contribution in [-0.2, 0) is 6.42 Å². The zero-order chi connectivity index (χ0) is 12.5. The van der Waals surface area contributed by atoms with E-state index in [-0.39, 0.29) is 6.04 Å². The highest BCUT2D eigenvalue weighted by molar-refractivity contribution is 7.99. The van der Waals surface area contributed by atoms with Crippen molar-refractivity contribution >= 4 is 11.8 Å². The highest BCUT2D eigenvalue weighted by atomic mass is 32.2. The molecule has 3 rings (SSSR count). The van der Waals surface area contributed by atoms with Gasteiger partial charge in [0.15, 0.2) is 5.82 Å². The fourth-order valence-corrected chi connectivity index (χ4v) is 3.55. The number of aromatic nitrogens is 2. The molecule has 18 heavy (non-hydrogen) atoms. The SMILES string of the molecule is CN1CCSCC1c1noc(CC(N)C2CC2)n1. The number of hydrogen-bond acceptors (Lipinski definition) is 6. The van der Waals surface area contributed by atoms with Crippen LogP contribution in [0.3, 0.4) is 0 Å². The molecule has 1 aliphatic carbocycles. The van der Waals surface area contributed by atoms with Gasteiger partial charge >= 0.3 is 0 Å². The summed E-state index contributed by atoms with van der Waals surface area (Å²) in [5.74, 6) is 4.43. The minimum Gasteiger partial charge on any atom is -0.339 e. The van der Waals surface area contributed by atoms with Gasteiger partial charge in [0, 0.05) is 30.5 Å². The molecule has 1 aromatic heterocycles. The molecular formula is C12H20N4OS. The number of rotatable bonds is 4. The van der Waals surface area contributed by atoms with Crippen molar-refractivity contribution < 1.29 is 4.52 Å². The second kappa shape index (κ2) is 5.19.